The summed E-state index contributed by atoms with van der Waals surface area (Å²) in [6, 6.07) is 12.1. The number of rotatable bonds is 11. The Morgan fingerprint density at radius 2 is 1.55 bits per heavy atom. The van der Waals surface area contributed by atoms with E-state index in [0.29, 0.717) is 17.6 Å². The molecule has 0 aromatic heterocycles. The van der Waals surface area contributed by atoms with Crippen LogP contribution in [-0.2, 0) is 19.5 Å². The van der Waals surface area contributed by atoms with Crippen LogP contribution in [-0.4, -0.2) is 49.4 Å². The van der Waals surface area contributed by atoms with Gasteiger partial charge in [0.15, 0.2) is 5.71 Å². The van der Waals surface area contributed by atoms with Crippen molar-refractivity contribution in [3.8, 4) is 0 Å². The van der Waals surface area contributed by atoms with E-state index in [9.17, 15) is 18.2 Å². The van der Waals surface area contributed by atoms with Gasteiger partial charge in [0.2, 0.25) is 0 Å². The molecular formula is C27H31N2NaO6S2. The molecule has 198 valence electrons. The summed E-state index contributed by atoms with van der Waals surface area (Å²) in [5, 5.41) is 13.6. The summed E-state index contributed by atoms with van der Waals surface area (Å²) < 4.78 is 43.6. The fourth-order valence-corrected chi connectivity index (χ4v) is 5.54. The Hall–Kier alpha value is -1.73. The van der Waals surface area contributed by atoms with Gasteiger partial charge in [-0.3, -0.25) is 5.04 Å². The Morgan fingerprint density at radius 1 is 0.947 bits per heavy atom. The summed E-state index contributed by atoms with van der Waals surface area (Å²) >= 11 is 0.525. The van der Waals surface area contributed by atoms with Crippen molar-refractivity contribution in [1.29, 1.82) is 0 Å². The molecule has 8 nitrogen and oxygen atoms in total. The van der Waals surface area contributed by atoms with Crippen molar-refractivity contribution in [2.24, 2.45) is 0 Å². The van der Waals surface area contributed by atoms with Crippen molar-refractivity contribution in [3.05, 3.63) is 83.5 Å². The minimum absolute atomic E-state index is 0. The van der Waals surface area contributed by atoms with Crippen molar-refractivity contribution >= 4 is 39.1 Å². The number of hydrogen-bond donors (Lipinski definition) is 0. The van der Waals surface area contributed by atoms with Crippen molar-refractivity contribution in [3.63, 3.8) is 0 Å². The van der Waals surface area contributed by atoms with Crippen LogP contribution in [0.4, 0.5) is 5.69 Å². The first-order valence-electron chi connectivity index (χ1n) is 12.1. The quantitative estimate of drug-likeness (QED) is 0.0995. The topological polar surface area (TPSA) is 105 Å². The van der Waals surface area contributed by atoms with E-state index < -0.39 is 15.0 Å². The molecule has 0 aliphatic heterocycles. The minimum Gasteiger partial charge on any atom is -0.744 e. The molecule has 3 rings (SSSR count). The third-order valence-corrected chi connectivity index (χ3v) is 7.67. The van der Waals surface area contributed by atoms with Gasteiger partial charge >= 0.3 is 29.6 Å². The molecule has 2 aromatic carbocycles. The fourth-order valence-electron chi connectivity index (χ4n) is 4.35. The van der Waals surface area contributed by atoms with Gasteiger partial charge in [-0.05, 0) is 80.8 Å². The van der Waals surface area contributed by atoms with Crippen molar-refractivity contribution < 1.29 is 61.7 Å². The average molecular weight is 567 g/mol. The van der Waals surface area contributed by atoms with E-state index in [0.717, 1.165) is 48.7 Å². The summed E-state index contributed by atoms with van der Waals surface area (Å²) in [5.74, 6) is 0. The van der Waals surface area contributed by atoms with Gasteiger partial charge in [-0.2, -0.15) is 4.33 Å². The molecule has 38 heavy (non-hydrogen) atoms. The van der Waals surface area contributed by atoms with Gasteiger partial charge in [-0.15, -0.1) is 0 Å². The van der Waals surface area contributed by atoms with Crippen LogP contribution >= 0.6 is 12.0 Å². The van der Waals surface area contributed by atoms with Gasteiger partial charge in [0.25, 0.3) is 0 Å². The Kier molecular flexibility index (Phi) is 13.0. The third-order valence-electron chi connectivity index (χ3n) is 6.22. The minimum atomic E-state index is -4.88. The average Bonchev–Trinajstić information content (AvgIpc) is 2.90. The van der Waals surface area contributed by atoms with Crippen molar-refractivity contribution in [2.45, 2.75) is 37.5 Å². The molecule has 0 amide bonds. The predicted molar refractivity (Wildman–Crippen MR) is 143 cm³/mol. The molecule has 1 aliphatic carbocycles. The molecule has 0 unspecified atom stereocenters. The molecule has 0 bridgehead atoms. The summed E-state index contributed by atoms with van der Waals surface area (Å²) in [5.41, 5.74) is 4.47. The maximum atomic E-state index is 12.4. The summed E-state index contributed by atoms with van der Waals surface area (Å²) in [7, 11) is -4.88. The van der Waals surface area contributed by atoms with Crippen LogP contribution in [0.25, 0.3) is 5.57 Å². The summed E-state index contributed by atoms with van der Waals surface area (Å²) in [6.45, 7) is 11.7. The Bertz CT molecular complexity index is 1310. The first-order chi connectivity index (χ1) is 17.8. The van der Waals surface area contributed by atoms with Gasteiger partial charge in [-0.1, -0.05) is 18.2 Å². The van der Waals surface area contributed by atoms with E-state index in [1.54, 1.807) is 12.1 Å². The molecule has 11 heteroatoms. The Morgan fingerprint density at radius 3 is 2.05 bits per heavy atom. The maximum Gasteiger partial charge on any atom is 1.00 e. The van der Waals surface area contributed by atoms with E-state index >= 15 is 0 Å². The molecule has 0 heterocycles. The van der Waals surface area contributed by atoms with Crippen LogP contribution in [0.3, 0.4) is 0 Å². The van der Waals surface area contributed by atoms with Gasteiger partial charge in [0.1, 0.15) is 23.2 Å². The number of benzene rings is 2. The zero-order valence-electron chi connectivity index (χ0n) is 22.3. The van der Waals surface area contributed by atoms with Crippen LogP contribution < -0.4 is 39.7 Å². The van der Waals surface area contributed by atoms with E-state index in [-0.39, 0.29) is 40.0 Å². The molecule has 0 fully saturated rings. The molecule has 0 atom stereocenters. The fraction of sp³-hybridized carbons (Fsp3) is 0.296. The molecule has 2 aromatic rings. The first-order valence-corrected chi connectivity index (χ1v) is 14.2. The Labute approximate surface area is 251 Å². The second-order valence-electron chi connectivity index (χ2n) is 8.14. The summed E-state index contributed by atoms with van der Waals surface area (Å²) in [6.07, 6.45) is 7.84. The predicted octanol–water partition coefficient (Wildman–Crippen LogP) is 1.09. The molecule has 1 aliphatic rings. The number of allylic oxidation sites excluding steroid dienone is 5. The molecule has 0 saturated heterocycles. The number of nitrogens with zero attached hydrogens (tertiary/aromatic N) is 2. The van der Waals surface area contributed by atoms with Gasteiger partial charge in [0, 0.05) is 41.4 Å². The Balaban J connectivity index is 0.00000507. The van der Waals surface area contributed by atoms with Gasteiger partial charge < -0.3 is 14.7 Å². The van der Waals surface area contributed by atoms with E-state index in [1.807, 2.05) is 48.6 Å². The zero-order chi connectivity index (χ0) is 27.0. The number of anilines is 1. The van der Waals surface area contributed by atoms with E-state index in [2.05, 4.69) is 46.5 Å². The SMILES string of the molecule is CCN(CC)c1ccc(C(=C2C=CC(=[N+](CC)CC)C=C2)c2ccc(SOO[O-])cc2S(=O)(=O)[O-])cc1.[Na+]. The van der Waals surface area contributed by atoms with E-state index in [1.165, 1.54) is 6.07 Å². The smallest absolute Gasteiger partial charge is 0.744 e. The number of hydrogen-bond acceptors (Lipinski definition) is 8. The van der Waals surface area contributed by atoms with Crippen molar-refractivity contribution in [1.82, 2.24) is 0 Å². The van der Waals surface area contributed by atoms with Gasteiger partial charge in [-0.25, -0.2) is 13.0 Å². The van der Waals surface area contributed by atoms with Crippen LogP contribution in [0.15, 0.2) is 82.1 Å². The first kappa shape index (κ1) is 32.5. The van der Waals surface area contributed by atoms with Crippen LogP contribution in [0.2, 0.25) is 0 Å². The van der Waals surface area contributed by atoms with Crippen molar-refractivity contribution in [2.75, 3.05) is 31.1 Å². The molecule has 0 spiro atoms. The van der Waals surface area contributed by atoms with Crippen LogP contribution in [0, 0.1) is 0 Å². The third kappa shape index (κ3) is 7.91. The molecular weight excluding hydrogens is 535 g/mol. The second kappa shape index (κ2) is 15.2. The second-order valence-corrected chi connectivity index (χ2v) is 10.3. The monoisotopic (exact) mass is 566 g/mol. The van der Waals surface area contributed by atoms with Gasteiger partial charge in [0.05, 0.1) is 16.9 Å². The maximum absolute atomic E-state index is 12.4. The molecule has 0 saturated carbocycles. The summed E-state index contributed by atoms with van der Waals surface area (Å²) in [4.78, 5) is 2.03. The van der Waals surface area contributed by atoms with Crippen LogP contribution in [0.5, 0.6) is 0 Å². The largest absolute Gasteiger partial charge is 1.00 e. The zero-order valence-corrected chi connectivity index (χ0v) is 26.0. The van der Waals surface area contributed by atoms with Crippen LogP contribution in [0.1, 0.15) is 38.8 Å². The normalized spacial score (nSPS) is 12.9. The van der Waals surface area contributed by atoms with E-state index in [4.69, 9.17) is 0 Å². The molecule has 0 radical (unpaired) electrons. The standard InChI is InChI=1S/C27H32N2O6S2.Na/c1-5-28(6-2)22-13-9-20(10-14-22)27(21-11-15-23(16-12-21)29(7-3)8-4)25-18-17-24(36-35-34-30)19-26(25)37(31,32)33;/h9-19H,5-8H2,1-4H3,(H-,30,31,32,33);/q;+1/p-1. The molecule has 0 N–H and O–H groups in total.